The molecule has 3 aliphatic rings. The average Bonchev–Trinajstić information content (AvgIpc) is 2.95. The number of H-pyrrole nitrogens is 1. The number of carbonyl (C=O) groups excluding carboxylic acids is 1. The molecule has 126 valence electrons. The third-order valence-electron chi connectivity index (χ3n) is 5.33. The van der Waals surface area contributed by atoms with E-state index < -0.39 is 0 Å². The van der Waals surface area contributed by atoms with Gasteiger partial charge in [0.15, 0.2) is 0 Å². The SMILES string of the molecule is O=C(c1cn[nH]c1)N1C[C@H]2COC[C@@H]1CN(C1CCNCC1)C2. The van der Waals surface area contributed by atoms with E-state index in [9.17, 15) is 4.79 Å². The van der Waals surface area contributed by atoms with Crippen molar-refractivity contribution >= 4 is 5.91 Å². The average molecular weight is 319 g/mol. The number of amides is 1. The third-order valence-corrected chi connectivity index (χ3v) is 5.33. The van der Waals surface area contributed by atoms with Gasteiger partial charge in [-0.25, -0.2) is 0 Å². The van der Waals surface area contributed by atoms with E-state index >= 15 is 0 Å². The molecular weight excluding hydrogens is 294 g/mol. The number of nitrogens with zero attached hydrogens (tertiary/aromatic N) is 3. The predicted octanol–water partition coefficient (Wildman–Crippen LogP) is -0.0655. The normalized spacial score (nSPS) is 30.2. The van der Waals surface area contributed by atoms with Gasteiger partial charge in [-0.3, -0.25) is 14.8 Å². The Labute approximate surface area is 136 Å². The maximum Gasteiger partial charge on any atom is 0.257 e. The zero-order chi connectivity index (χ0) is 15.6. The lowest BCUT2D eigenvalue weighted by Crippen LogP contribution is -2.51. The van der Waals surface area contributed by atoms with E-state index in [4.69, 9.17) is 4.74 Å². The first kappa shape index (κ1) is 15.1. The van der Waals surface area contributed by atoms with Gasteiger partial charge in [-0.05, 0) is 25.9 Å². The molecule has 2 bridgehead atoms. The standard InChI is InChI=1S/C16H25N5O2/c22-16(13-5-18-19-6-13)21-8-12-7-20(9-15(21)11-23-10-12)14-1-3-17-4-2-14/h5-6,12,14-15,17H,1-4,7-11H2,(H,18,19)/t12-,15-/m0/s1. The molecule has 3 fully saturated rings. The zero-order valence-electron chi connectivity index (χ0n) is 13.4. The van der Waals surface area contributed by atoms with E-state index in [2.05, 4.69) is 20.4 Å². The second-order valence-corrected chi connectivity index (χ2v) is 6.94. The van der Waals surface area contributed by atoms with Crippen molar-refractivity contribution in [2.75, 3.05) is 45.9 Å². The lowest BCUT2D eigenvalue weighted by atomic mass is 10.0. The second kappa shape index (κ2) is 6.59. The molecule has 0 radical (unpaired) electrons. The molecule has 23 heavy (non-hydrogen) atoms. The lowest BCUT2D eigenvalue weighted by Gasteiger charge is -2.38. The number of hydrogen-bond donors (Lipinski definition) is 2. The molecule has 1 aromatic rings. The van der Waals surface area contributed by atoms with Gasteiger partial charge in [0.05, 0.1) is 31.0 Å². The number of carbonyl (C=O) groups is 1. The highest BCUT2D eigenvalue weighted by molar-refractivity contribution is 5.94. The van der Waals surface area contributed by atoms with Crippen molar-refractivity contribution in [3.63, 3.8) is 0 Å². The summed E-state index contributed by atoms with van der Waals surface area (Å²) < 4.78 is 5.84. The van der Waals surface area contributed by atoms with Crippen LogP contribution in [0.15, 0.2) is 12.4 Å². The molecule has 2 N–H and O–H groups in total. The van der Waals surface area contributed by atoms with Crippen molar-refractivity contribution in [3.05, 3.63) is 18.0 Å². The van der Waals surface area contributed by atoms with Gasteiger partial charge in [-0.1, -0.05) is 0 Å². The Morgan fingerprint density at radius 2 is 2.04 bits per heavy atom. The van der Waals surface area contributed by atoms with Gasteiger partial charge in [0.25, 0.3) is 5.91 Å². The van der Waals surface area contributed by atoms with Crippen LogP contribution < -0.4 is 5.32 Å². The number of ether oxygens (including phenoxy) is 1. The molecule has 7 nitrogen and oxygen atoms in total. The second-order valence-electron chi connectivity index (χ2n) is 6.94. The Morgan fingerprint density at radius 3 is 2.83 bits per heavy atom. The van der Waals surface area contributed by atoms with Gasteiger partial charge in [0.1, 0.15) is 0 Å². The molecule has 4 heterocycles. The highest BCUT2D eigenvalue weighted by atomic mass is 16.5. The summed E-state index contributed by atoms with van der Waals surface area (Å²) >= 11 is 0. The van der Waals surface area contributed by atoms with E-state index in [0.29, 0.717) is 24.1 Å². The fraction of sp³-hybridized carbons (Fsp3) is 0.750. The Balaban J connectivity index is 1.53. The van der Waals surface area contributed by atoms with Crippen LogP contribution in [0, 0.1) is 5.92 Å². The maximum absolute atomic E-state index is 12.8. The summed E-state index contributed by atoms with van der Waals surface area (Å²) in [6.07, 6.45) is 5.71. The molecule has 2 atom stereocenters. The first-order valence-electron chi connectivity index (χ1n) is 8.63. The van der Waals surface area contributed by atoms with Crippen LogP contribution in [0.1, 0.15) is 23.2 Å². The lowest BCUT2D eigenvalue weighted by molar-refractivity contribution is 0.0294. The molecule has 0 aromatic carbocycles. The topological polar surface area (TPSA) is 73.5 Å². The fourth-order valence-corrected chi connectivity index (χ4v) is 4.13. The maximum atomic E-state index is 12.8. The first-order valence-corrected chi connectivity index (χ1v) is 8.63. The molecule has 0 aliphatic carbocycles. The molecule has 7 heteroatoms. The quantitative estimate of drug-likeness (QED) is 0.799. The fourth-order valence-electron chi connectivity index (χ4n) is 4.13. The highest BCUT2D eigenvalue weighted by Crippen LogP contribution is 2.25. The molecule has 1 amide bonds. The van der Waals surface area contributed by atoms with Gasteiger partial charge in [0.2, 0.25) is 0 Å². The van der Waals surface area contributed by atoms with E-state index in [1.807, 2.05) is 4.90 Å². The number of hydrogen-bond acceptors (Lipinski definition) is 5. The summed E-state index contributed by atoms with van der Waals surface area (Å²) in [6, 6.07) is 0.781. The molecule has 0 saturated carbocycles. The summed E-state index contributed by atoms with van der Waals surface area (Å²) in [6.45, 7) is 6.35. The zero-order valence-corrected chi connectivity index (χ0v) is 13.4. The van der Waals surface area contributed by atoms with Crippen LogP contribution in [0.25, 0.3) is 0 Å². The van der Waals surface area contributed by atoms with Gasteiger partial charge in [0, 0.05) is 37.8 Å². The minimum atomic E-state index is 0.0754. The van der Waals surface area contributed by atoms with Crippen LogP contribution in [-0.4, -0.2) is 83.9 Å². The predicted molar refractivity (Wildman–Crippen MR) is 85.2 cm³/mol. The van der Waals surface area contributed by atoms with Crippen molar-refractivity contribution in [3.8, 4) is 0 Å². The van der Waals surface area contributed by atoms with E-state index in [1.54, 1.807) is 12.4 Å². The highest BCUT2D eigenvalue weighted by Gasteiger charge is 2.38. The van der Waals surface area contributed by atoms with Gasteiger partial charge in [-0.15, -0.1) is 0 Å². The van der Waals surface area contributed by atoms with Crippen LogP contribution >= 0.6 is 0 Å². The minimum absolute atomic E-state index is 0.0754. The van der Waals surface area contributed by atoms with E-state index in [0.717, 1.165) is 39.3 Å². The molecule has 0 unspecified atom stereocenters. The van der Waals surface area contributed by atoms with Crippen LogP contribution in [-0.2, 0) is 4.74 Å². The van der Waals surface area contributed by atoms with Crippen molar-refractivity contribution in [2.24, 2.45) is 5.92 Å². The monoisotopic (exact) mass is 319 g/mol. The number of piperidine rings is 1. The summed E-state index contributed by atoms with van der Waals surface area (Å²) in [5.74, 6) is 0.472. The summed E-state index contributed by atoms with van der Waals surface area (Å²) in [4.78, 5) is 17.5. The molecule has 3 saturated heterocycles. The third kappa shape index (κ3) is 3.13. The Hall–Kier alpha value is -1.44. The largest absolute Gasteiger partial charge is 0.379 e. The molecule has 1 aromatic heterocycles. The summed E-state index contributed by atoms with van der Waals surface area (Å²) in [7, 11) is 0. The minimum Gasteiger partial charge on any atom is -0.379 e. The van der Waals surface area contributed by atoms with Crippen LogP contribution in [0.3, 0.4) is 0 Å². The Kier molecular flexibility index (Phi) is 4.33. The van der Waals surface area contributed by atoms with Gasteiger partial charge >= 0.3 is 0 Å². The number of aromatic nitrogens is 2. The number of aromatic amines is 1. The molecular formula is C16H25N5O2. The van der Waals surface area contributed by atoms with Crippen molar-refractivity contribution in [1.29, 1.82) is 0 Å². The van der Waals surface area contributed by atoms with E-state index in [-0.39, 0.29) is 11.9 Å². The van der Waals surface area contributed by atoms with Gasteiger partial charge < -0.3 is 15.0 Å². The van der Waals surface area contributed by atoms with Crippen molar-refractivity contribution in [1.82, 2.24) is 25.3 Å². The first-order chi connectivity index (χ1) is 11.3. The number of rotatable bonds is 2. The van der Waals surface area contributed by atoms with Crippen LogP contribution in [0.2, 0.25) is 0 Å². The Bertz CT molecular complexity index is 529. The molecule has 4 rings (SSSR count). The van der Waals surface area contributed by atoms with Gasteiger partial charge in [-0.2, -0.15) is 5.10 Å². The van der Waals surface area contributed by atoms with Crippen LogP contribution in [0.5, 0.6) is 0 Å². The van der Waals surface area contributed by atoms with Crippen molar-refractivity contribution < 1.29 is 9.53 Å². The molecule has 0 spiro atoms. The Morgan fingerprint density at radius 1 is 1.17 bits per heavy atom. The van der Waals surface area contributed by atoms with E-state index in [1.165, 1.54) is 12.8 Å². The molecule has 3 aliphatic heterocycles. The van der Waals surface area contributed by atoms with Crippen molar-refractivity contribution in [2.45, 2.75) is 24.9 Å². The van der Waals surface area contributed by atoms with Crippen LogP contribution in [0.4, 0.5) is 0 Å². The smallest absolute Gasteiger partial charge is 0.257 e. The number of nitrogens with one attached hydrogen (secondary N) is 2. The summed E-state index contributed by atoms with van der Waals surface area (Å²) in [5.41, 5.74) is 0.644. The summed E-state index contributed by atoms with van der Waals surface area (Å²) in [5, 5.41) is 10.1. The number of fused-ring (bicyclic) bond motifs is 3.